The molecule has 9 nitrogen and oxygen atoms in total. The number of aromatic nitrogens is 3. The number of carbonyl (C=O) groups excluding carboxylic acids is 1. The van der Waals surface area contributed by atoms with Gasteiger partial charge in [0, 0.05) is 37.5 Å². The molecular weight excluding hydrogens is 460 g/mol. The molecule has 0 spiro atoms. The van der Waals surface area contributed by atoms with Gasteiger partial charge in [-0.1, -0.05) is 6.07 Å². The van der Waals surface area contributed by atoms with E-state index in [9.17, 15) is 9.59 Å². The van der Waals surface area contributed by atoms with E-state index in [2.05, 4.69) is 10.4 Å². The van der Waals surface area contributed by atoms with E-state index in [1.807, 2.05) is 49.4 Å². The summed E-state index contributed by atoms with van der Waals surface area (Å²) in [7, 11) is 3.18. The molecule has 0 saturated carbocycles. The van der Waals surface area contributed by atoms with Gasteiger partial charge in [-0.05, 0) is 61.4 Å². The van der Waals surface area contributed by atoms with Gasteiger partial charge in [-0.25, -0.2) is 4.52 Å². The third-order valence-electron chi connectivity index (χ3n) is 5.83. The van der Waals surface area contributed by atoms with E-state index in [0.29, 0.717) is 42.3 Å². The minimum atomic E-state index is -0.194. The average Bonchev–Trinajstić information content (AvgIpc) is 3.34. The summed E-state index contributed by atoms with van der Waals surface area (Å²) in [4.78, 5) is 25.3. The predicted octanol–water partition coefficient (Wildman–Crippen LogP) is 3.33. The van der Waals surface area contributed by atoms with E-state index in [0.717, 1.165) is 16.9 Å². The highest BCUT2D eigenvalue weighted by molar-refractivity contribution is 5.75. The summed E-state index contributed by atoms with van der Waals surface area (Å²) in [6.07, 6.45) is 4.23. The largest absolute Gasteiger partial charge is 0.494 e. The molecule has 2 heterocycles. The number of fused-ring (bicyclic) bond motifs is 1. The van der Waals surface area contributed by atoms with Gasteiger partial charge in [-0.3, -0.25) is 9.59 Å². The lowest BCUT2D eigenvalue weighted by atomic mass is 10.1. The van der Waals surface area contributed by atoms with E-state index < -0.39 is 0 Å². The summed E-state index contributed by atoms with van der Waals surface area (Å²) in [5.74, 6) is 1.99. The third-order valence-corrected chi connectivity index (χ3v) is 5.83. The number of amides is 1. The average molecular weight is 491 g/mol. The second-order valence-electron chi connectivity index (χ2n) is 8.15. The monoisotopic (exact) mass is 490 g/mol. The molecule has 0 aliphatic rings. The molecule has 0 unspecified atom stereocenters. The molecule has 0 bridgehead atoms. The van der Waals surface area contributed by atoms with Crippen molar-refractivity contribution in [3.63, 3.8) is 0 Å². The zero-order valence-corrected chi connectivity index (χ0v) is 20.7. The Morgan fingerprint density at radius 3 is 2.50 bits per heavy atom. The number of benzene rings is 2. The molecule has 4 rings (SSSR count). The number of ether oxygens (including phenoxy) is 3. The van der Waals surface area contributed by atoms with Gasteiger partial charge in [0.1, 0.15) is 11.3 Å². The normalized spacial score (nSPS) is 10.9. The van der Waals surface area contributed by atoms with E-state index in [4.69, 9.17) is 14.2 Å². The second kappa shape index (κ2) is 11.4. The molecule has 0 fully saturated rings. The van der Waals surface area contributed by atoms with Gasteiger partial charge in [0.2, 0.25) is 5.91 Å². The zero-order chi connectivity index (χ0) is 25.5. The lowest BCUT2D eigenvalue weighted by Gasteiger charge is -2.10. The van der Waals surface area contributed by atoms with Crippen molar-refractivity contribution in [1.82, 2.24) is 19.5 Å². The van der Waals surface area contributed by atoms with Crippen molar-refractivity contribution in [2.75, 3.05) is 27.4 Å². The maximum atomic E-state index is 13.0. The molecule has 0 atom stereocenters. The molecule has 188 valence electrons. The lowest BCUT2D eigenvalue weighted by molar-refractivity contribution is -0.121. The van der Waals surface area contributed by atoms with E-state index in [1.54, 1.807) is 37.2 Å². The summed E-state index contributed by atoms with van der Waals surface area (Å²) in [5.41, 5.74) is 2.87. The summed E-state index contributed by atoms with van der Waals surface area (Å²) < 4.78 is 19.1. The van der Waals surface area contributed by atoms with Crippen LogP contribution in [0.1, 0.15) is 18.9 Å². The first-order valence-electron chi connectivity index (χ1n) is 11.8. The molecule has 0 saturated heterocycles. The fourth-order valence-corrected chi connectivity index (χ4v) is 3.92. The fourth-order valence-electron chi connectivity index (χ4n) is 3.92. The van der Waals surface area contributed by atoms with Gasteiger partial charge >= 0.3 is 0 Å². The highest BCUT2D eigenvalue weighted by atomic mass is 16.5. The number of nitrogens with zero attached hydrogens (tertiary/aromatic N) is 3. The molecule has 0 aliphatic carbocycles. The molecule has 0 aliphatic heterocycles. The number of hydrogen-bond acceptors (Lipinski definition) is 6. The SMILES string of the molecule is CCOc1ccc(-c2cc3c(=O)n(CCC(=O)NCCc4ccc(OC)c(OC)c4)ccn3n2)cc1. The first-order chi connectivity index (χ1) is 17.5. The van der Waals surface area contributed by atoms with Gasteiger partial charge in [0.05, 0.1) is 26.5 Å². The van der Waals surface area contributed by atoms with Crippen LogP contribution in [0.3, 0.4) is 0 Å². The number of hydrogen-bond donors (Lipinski definition) is 1. The Labute approximate surface area is 209 Å². The van der Waals surface area contributed by atoms with Crippen LogP contribution in [-0.2, 0) is 17.8 Å². The third kappa shape index (κ3) is 5.68. The van der Waals surface area contributed by atoms with Crippen LogP contribution in [0.2, 0.25) is 0 Å². The van der Waals surface area contributed by atoms with Crippen LogP contribution in [0.4, 0.5) is 0 Å². The standard InChI is InChI=1S/C27H30N4O5/c1-4-36-21-8-6-20(7-9-21)22-18-23-27(33)30(15-16-31(23)29-22)14-12-26(32)28-13-11-19-5-10-24(34-2)25(17-19)35-3/h5-10,15-18H,4,11-14H2,1-3H3,(H,28,32). The fraction of sp³-hybridized carbons (Fsp3) is 0.296. The van der Waals surface area contributed by atoms with Crippen LogP contribution in [0.5, 0.6) is 17.2 Å². The summed E-state index contributed by atoms with van der Waals surface area (Å²) in [6, 6.07) is 15.0. The first kappa shape index (κ1) is 24.8. The quantitative estimate of drug-likeness (QED) is 0.347. The maximum Gasteiger partial charge on any atom is 0.276 e. The van der Waals surface area contributed by atoms with Crippen molar-refractivity contribution in [2.45, 2.75) is 26.3 Å². The molecule has 2 aromatic carbocycles. The number of methoxy groups -OCH3 is 2. The summed E-state index contributed by atoms with van der Waals surface area (Å²) in [6.45, 7) is 3.30. The number of carbonyl (C=O) groups is 1. The molecule has 36 heavy (non-hydrogen) atoms. The Balaban J connectivity index is 1.34. The van der Waals surface area contributed by atoms with Crippen LogP contribution in [0.25, 0.3) is 16.8 Å². The van der Waals surface area contributed by atoms with Gasteiger partial charge in [-0.15, -0.1) is 0 Å². The van der Waals surface area contributed by atoms with E-state index in [-0.39, 0.29) is 24.4 Å². The van der Waals surface area contributed by atoms with Crippen molar-refractivity contribution >= 4 is 11.4 Å². The lowest BCUT2D eigenvalue weighted by Crippen LogP contribution is -2.29. The minimum absolute atomic E-state index is 0.120. The Kier molecular flexibility index (Phi) is 7.89. The highest BCUT2D eigenvalue weighted by Gasteiger charge is 2.11. The topological polar surface area (TPSA) is 96.1 Å². The zero-order valence-electron chi connectivity index (χ0n) is 20.7. The van der Waals surface area contributed by atoms with E-state index >= 15 is 0 Å². The molecule has 9 heteroatoms. The molecule has 4 aromatic rings. The van der Waals surface area contributed by atoms with Crippen molar-refractivity contribution in [3.05, 3.63) is 76.8 Å². The molecule has 0 radical (unpaired) electrons. The van der Waals surface area contributed by atoms with Crippen LogP contribution >= 0.6 is 0 Å². The van der Waals surface area contributed by atoms with Crippen molar-refractivity contribution in [1.29, 1.82) is 0 Å². The first-order valence-corrected chi connectivity index (χ1v) is 11.8. The second-order valence-corrected chi connectivity index (χ2v) is 8.15. The molecular formula is C27H30N4O5. The number of aryl methyl sites for hydroxylation is 1. The number of rotatable bonds is 11. The molecule has 1 N–H and O–H groups in total. The van der Waals surface area contributed by atoms with Gasteiger partial charge in [0.25, 0.3) is 5.56 Å². The van der Waals surface area contributed by atoms with Crippen LogP contribution in [-0.4, -0.2) is 47.5 Å². The Hall–Kier alpha value is -4.27. The van der Waals surface area contributed by atoms with Gasteiger partial charge in [-0.2, -0.15) is 5.10 Å². The Morgan fingerprint density at radius 1 is 1.00 bits per heavy atom. The molecule has 2 aromatic heterocycles. The van der Waals surface area contributed by atoms with Crippen molar-refractivity contribution < 1.29 is 19.0 Å². The minimum Gasteiger partial charge on any atom is -0.494 e. The summed E-state index contributed by atoms with van der Waals surface area (Å²) >= 11 is 0. The van der Waals surface area contributed by atoms with Crippen LogP contribution < -0.4 is 25.1 Å². The summed E-state index contributed by atoms with van der Waals surface area (Å²) in [5, 5.41) is 7.42. The van der Waals surface area contributed by atoms with Crippen LogP contribution in [0, 0.1) is 0 Å². The van der Waals surface area contributed by atoms with Gasteiger partial charge in [0.15, 0.2) is 11.5 Å². The molecule has 1 amide bonds. The predicted molar refractivity (Wildman–Crippen MR) is 137 cm³/mol. The number of nitrogens with one attached hydrogen (secondary N) is 1. The van der Waals surface area contributed by atoms with Crippen molar-refractivity contribution in [2.24, 2.45) is 0 Å². The van der Waals surface area contributed by atoms with Gasteiger partial charge < -0.3 is 24.1 Å². The highest BCUT2D eigenvalue weighted by Crippen LogP contribution is 2.27. The van der Waals surface area contributed by atoms with Crippen LogP contribution in [0.15, 0.2) is 65.7 Å². The smallest absolute Gasteiger partial charge is 0.276 e. The Bertz CT molecular complexity index is 1390. The maximum absolute atomic E-state index is 13.0. The van der Waals surface area contributed by atoms with E-state index in [1.165, 1.54) is 4.57 Å². The van der Waals surface area contributed by atoms with Crippen molar-refractivity contribution in [3.8, 4) is 28.5 Å². The Morgan fingerprint density at radius 2 is 1.78 bits per heavy atom.